The van der Waals surface area contributed by atoms with Crippen LogP contribution in [-0.4, -0.2) is 18.6 Å². The maximum atomic E-state index is 6.17. The van der Waals surface area contributed by atoms with Gasteiger partial charge in [-0.1, -0.05) is 46.9 Å². The van der Waals surface area contributed by atoms with Gasteiger partial charge in [-0.05, 0) is 17.5 Å². The van der Waals surface area contributed by atoms with E-state index in [1.54, 1.807) is 0 Å². The molecule has 1 aliphatic rings. The zero-order valence-electron chi connectivity index (χ0n) is 9.14. The third-order valence-electron chi connectivity index (χ3n) is 3.38. The Kier molecular flexibility index (Phi) is 3.84. The largest absolute Gasteiger partial charge is 0.329 e. The van der Waals surface area contributed by atoms with Crippen LogP contribution >= 0.6 is 22.6 Å². The molecule has 0 saturated carbocycles. The van der Waals surface area contributed by atoms with Gasteiger partial charge in [0.15, 0.2) is 0 Å². The summed E-state index contributed by atoms with van der Waals surface area (Å²) in [5, 5.41) is 0. The molecule has 0 bridgehead atoms. The lowest BCUT2D eigenvalue weighted by molar-refractivity contribution is 0.430. The van der Waals surface area contributed by atoms with Gasteiger partial charge in [-0.3, -0.25) is 0 Å². The Bertz CT molecular complexity index is 369. The summed E-state index contributed by atoms with van der Waals surface area (Å²) in [6.45, 7) is 0.512. The molecule has 6 N–H and O–H groups in total. The Morgan fingerprint density at radius 3 is 2.56 bits per heavy atom. The fraction of sp³-hybridized carbons (Fsp3) is 0.500. The van der Waals surface area contributed by atoms with E-state index < -0.39 is 0 Å². The van der Waals surface area contributed by atoms with Crippen molar-refractivity contribution in [2.75, 3.05) is 6.54 Å². The van der Waals surface area contributed by atoms with Crippen LogP contribution in [-0.2, 0) is 0 Å². The van der Waals surface area contributed by atoms with Gasteiger partial charge in [0.2, 0.25) is 0 Å². The molecule has 1 aliphatic carbocycles. The maximum absolute atomic E-state index is 6.17. The van der Waals surface area contributed by atoms with Crippen molar-refractivity contribution in [2.45, 2.75) is 28.3 Å². The first-order valence-electron chi connectivity index (χ1n) is 5.59. The summed E-state index contributed by atoms with van der Waals surface area (Å²) < 4.78 is 0.384. The number of nitrogens with two attached hydrogens (primary N) is 3. The molecular formula is C12H18IN3. The lowest BCUT2D eigenvalue weighted by atomic mass is 9.77. The molecule has 0 spiro atoms. The van der Waals surface area contributed by atoms with Crippen molar-refractivity contribution in [1.29, 1.82) is 0 Å². The smallest absolute Gasteiger partial charge is 0.0513 e. The molecule has 0 heterocycles. The van der Waals surface area contributed by atoms with E-state index >= 15 is 0 Å². The molecule has 0 aliphatic heterocycles. The Morgan fingerprint density at radius 2 is 1.94 bits per heavy atom. The lowest BCUT2D eigenvalue weighted by Gasteiger charge is -2.36. The van der Waals surface area contributed by atoms with Crippen LogP contribution < -0.4 is 17.2 Å². The standard InChI is InChI=1S/C12H18IN3/c13-12-8-4-2-1-3-7(8)9(5-10(12)15)11(16)6-14/h1-4,9-12H,5-6,14-16H2. The first kappa shape index (κ1) is 12.3. The quantitative estimate of drug-likeness (QED) is 0.564. The fourth-order valence-electron chi connectivity index (χ4n) is 2.44. The monoisotopic (exact) mass is 331 g/mol. The number of hydrogen-bond acceptors (Lipinski definition) is 3. The molecule has 4 heteroatoms. The lowest BCUT2D eigenvalue weighted by Crippen LogP contribution is -2.42. The van der Waals surface area contributed by atoms with Crippen molar-refractivity contribution < 1.29 is 0 Å². The second kappa shape index (κ2) is 5.00. The predicted octanol–water partition coefficient (Wildman–Crippen LogP) is 1.26. The molecule has 88 valence electrons. The Hall–Kier alpha value is -0.170. The molecule has 0 radical (unpaired) electrons. The van der Waals surface area contributed by atoms with Crippen molar-refractivity contribution in [3.8, 4) is 0 Å². The molecular weight excluding hydrogens is 313 g/mol. The molecule has 16 heavy (non-hydrogen) atoms. The van der Waals surface area contributed by atoms with Crippen LogP contribution in [0, 0.1) is 0 Å². The average molecular weight is 331 g/mol. The highest BCUT2D eigenvalue weighted by molar-refractivity contribution is 14.1. The molecule has 2 rings (SSSR count). The summed E-state index contributed by atoms with van der Waals surface area (Å²) in [7, 11) is 0. The third kappa shape index (κ3) is 2.11. The molecule has 0 saturated heterocycles. The molecule has 0 fully saturated rings. The van der Waals surface area contributed by atoms with Crippen LogP contribution in [0.5, 0.6) is 0 Å². The number of alkyl halides is 1. The van der Waals surface area contributed by atoms with E-state index in [0.29, 0.717) is 16.4 Å². The van der Waals surface area contributed by atoms with Gasteiger partial charge in [-0.2, -0.15) is 0 Å². The minimum Gasteiger partial charge on any atom is -0.329 e. The van der Waals surface area contributed by atoms with Gasteiger partial charge in [-0.25, -0.2) is 0 Å². The van der Waals surface area contributed by atoms with Gasteiger partial charge in [0.05, 0.1) is 3.92 Å². The molecule has 4 unspecified atom stereocenters. The van der Waals surface area contributed by atoms with Crippen molar-refractivity contribution in [3.05, 3.63) is 35.4 Å². The molecule has 0 amide bonds. The van der Waals surface area contributed by atoms with Gasteiger partial charge in [0, 0.05) is 24.5 Å². The topological polar surface area (TPSA) is 78.1 Å². The molecule has 1 aromatic rings. The van der Waals surface area contributed by atoms with E-state index in [-0.39, 0.29) is 12.1 Å². The van der Waals surface area contributed by atoms with Crippen LogP contribution in [0.1, 0.15) is 27.4 Å². The summed E-state index contributed by atoms with van der Waals surface area (Å²) in [6.07, 6.45) is 0.934. The Labute approximate surface area is 110 Å². The second-order valence-electron chi connectivity index (χ2n) is 4.44. The summed E-state index contributed by atoms with van der Waals surface area (Å²) in [4.78, 5) is 0. The van der Waals surface area contributed by atoms with Crippen molar-refractivity contribution >= 4 is 22.6 Å². The minimum absolute atomic E-state index is 0.0103. The highest BCUT2D eigenvalue weighted by atomic mass is 127. The van der Waals surface area contributed by atoms with Crippen molar-refractivity contribution in [1.82, 2.24) is 0 Å². The van der Waals surface area contributed by atoms with Gasteiger partial charge in [-0.15, -0.1) is 0 Å². The molecule has 1 aromatic carbocycles. The summed E-state index contributed by atoms with van der Waals surface area (Å²) in [5.41, 5.74) is 20.6. The van der Waals surface area contributed by atoms with E-state index in [0.717, 1.165) is 6.42 Å². The zero-order chi connectivity index (χ0) is 11.7. The summed E-state index contributed by atoms with van der Waals surface area (Å²) >= 11 is 2.42. The van der Waals surface area contributed by atoms with Gasteiger partial charge in [0.25, 0.3) is 0 Å². The molecule has 4 atom stereocenters. The van der Waals surface area contributed by atoms with Crippen molar-refractivity contribution in [3.63, 3.8) is 0 Å². The molecule has 3 nitrogen and oxygen atoms in total. The van der Waals surface area contributed by atoms with Crippen LogP contribution in [0.3, 0.4) is 0 Å². The van der Waals surface area contributed by atoms with Gasteiger partial charge < -0.3 is 17.2 Å². The van der Waals surface area contributed by atoms with E-state index in [9.17, 15) is 0 Å². The van der Waals surface area contributed by atoms with Gasteiger partial charge >= 0.3 is 0 Å². The Morgan fingerprint density at radius 1 is 1.31 bits per heavy atom. The highest BCUT2D eigenvalue weighted by Crippen LogP contribution is 2.42. The van der Waals surface area contributed by atoms with Crippen LogP contribution in [0.2, 0.25) is 0 Å². The zero-order valence-corrected chi connectivity index (χ0v) is 11.3. The van der Waals surface area contributed by atoms with E-state index in [1.165, 1.54) is 11.1 Å². The average Bonchev–Trinajstić information content (AvgIpc) is 2.33. The van der Waals surface area contributed by atoms with Crippen LogP contribution in [0.4, 0.5) is 0 Å². The highest BCUT2D eigenvalue weighted by Gasteiger charge is 2.33. The third-order valence-corrected chi connectivity index (χ3v) is 4.98. The number of fused-ring (bicyclic) bond motifs is 1. The second-order valence-corrected chi connectivity index (χ2v) is 5.78. The number of halogens is 1. The van der Waals surface area contributed by atoms with Gasteiger partial charge in [0.1, 0.15) is 0 Å². The maximum Gasteiger partial charge on any atom is 0.0513 e. The predicted molar refractivity (Wildman–Crippen MR) is 75.6 cm³/mol. The minimum atomic E-state index is 0.0103. The number of hydrogen-bond donors (Lipinski definition) is 3. The SMILES string of the molecule is NCC(N)C1CC(N)C(I)c2ccccc21. The van der Waals surface area contributed by atoms with Crippen LogP contribution in [0.25, 0.3) is 0 Å². The summed E-state index contributed by atoms with van der Waals surface area (Å²) in [5.74, 6) is 0.308. The molecule has 0 aromatic heterocycles. The van der Waals surface area contributed by atoms with E-state index in [4.69, 9.17) is 17.2 Å². The number of rotatable bonds is 2. The fourth-order valence-corrected chi connectivity index (χ4v) is 3.30. The van der Waals surface area contributed by atoms with Crippen molar-refractivity contribution in [2.24, 2.45) is 17.2 Å². The normalized spacial score (nSPS) is 30.9. The van der Waals surface area contributed by atoms with E-state index in [1.807, 2.05) is 0 Å². The van der Waals surface area contributed by atoms with E-state index in [2.05, 4.69) is 46.9 Å². The van der Waals surface area contributed by atoms with Crippen LogP contribution in [0.15, 0.2) is 24.3 Å². The number of benzene rings is 1. The Balaban J connectivity index is 2.40. The first-order chi connectivity index (χ1) is 7.65. The summed E-state index contributed by atoms with van der Waals surface area (Å²) in [6, 6.07) is 8.63. The first-order valence-corrected chi connectivity index (χ1v) is 6.83.